The molecule has 1 saturated carbocycles. The molecule has 1 aliphatic carbocycles. The van der Waals surface area contributed by atoms with E-state index in [0.717, 1.165) is 19.3 Å². The van der Waals surface area contributed by atoms with E-state index < -0.39 is 12.1 Å². The summed E-state index contributed by atoms with van der Waals surface area (Å²) in [6.07, 6.45) is -1.11. The highest BCUT2D eigenvalue weighted by Gasteiger charge is 2.42. The van der Waals surface area contributed by atoms with E-state index in [2.05, 4.69) is 5.32 Å². The second-order valence-corrected chi connectivity index (χ2v) is 5.26. The summed E-state index contributed by atoms with van der Waals surface area (Å²) >= 11 is 0. The molecule has 2 fully saturated rings. The Labute approximate surface area is 106 Å². The van der Waals surface area contributed by atoms with Gasteiger partial charge in [0, 0.05) is 39.3 Å². The molecule has 0 aromatic rings. The van der Waals surface area contributed by atoms with E-state index in [1.807, 2.05) is 4.90 Å². The lowest BCUT2D eigenvalue weighted by atomic mass is 10.1. The third kappa shape index (κ3) is 3.36. The monoisotopic (exact) mass is 266 g/mol. The summed E-state index contributed by atoms with van der Waals surface area (Å²) in [4.78, 5) is 2.00. The average Bonchev–Trinajstić information content (AvgIpc) is 2.64. The molecule has 106 valence electrons. The minimum absolute atomic E-state index is 0.0421. The summed E-state index contributed by atoms with van der Waals surface area (Å²) in [6, 6.07) is 0.250. The van der Waals surface area contributed by atoms with Gasteiger partial charge in [-0.1, -0.05) is 0 Å². The number of hydrogen-bond acceptors (Lipinski definition) is 3. The van der Waals surface area contributed by atoms with Gasteiger partial charge in [-0.15, -0.1) is 0 Å². The molecule has 0 radical (unpaired) electrons. The highest BCUT2D eigenvalue weighted by atomic mass is 19.4. The zero-order chi connectivity index (χ0) is 13.2. The molecule has 0 aromatic heterocycles. The van der Waals surface area contributed by atoms with Gasteiger partial charge in [0.05, 0.1) is 12.0 Å². The van der Waals surface area contributed by atoms with E-state index in [9.17, 15) is 13.2 Å². The van der Waals surface area contributed by atoms with Crippen molar-refractivity contribution in [1.29, 1.82) is 0 Å². The number of hydrogen-bond donors (Lipinski definition) is 1. The summed E-state index contributed by atoms with van der Waals surface area (Å²) in [5.74, 6) is -1.25. The first kappa shape index (κ1) is 14.1. The van der Waals surface area contributed by atoms with E-state index in [1.54, 1.807) is 7.11 Å². The van der Waals surface area contributed by atoms with Crippen LogP contribution in [0.5, 0.6) is 0 Å². The highest BCUT2D eigenvalue weighted by Crippen LogP contribution is 2.31. The number of rotatable bonds is 2. The first-order valence-corrected chi connectivity index (χ1v) is 6.55. The first-order valence-electron chi connectivity index (χ1n) is 6.55. The second-order valence-electron chi connectivity index (χ2n) is 5.26. The molecule has 6 heteroatoms. The van der Waals surface area contributed by atoms with Crippen LogP contribution in [0.15, 0.2) is 0 Å². The van der Waals surface area contributed by atoms with Gasteiger partial charge < -0.3 is 10.1 Å². The van der Waals surface area contributed by atoms with E-state index in [4.69, 9.17) is 4.74 Å². The Hall–Kier alpha value is -0.330. The molecule has 18 heavy (non-hydrogen) atoms. The van der Waals surface area contributed by atoms with Gasteiger partial charge >= 0.3 is 6.18 Å². The molecule has 1 aliphatic heterocycles. The number of nitrogens with zero attached hydrogens (tertiary/aromatic N) is 1. The minimum Gasteiger partial charge on any atom is -0.381 e. The van der Waals surface area contributed by atoms with Crippen molar-refractivity contribution >= 4 is 0 Å². The molecule has 0 amide bonds. The fraction of sp³-hybridized carbons (Fsp3) is 1.00. The number of methoxy groups -OCH3 is 1. The average molecular weight is 266 g/mol. The Balaban J connectivity index is 1.95. The predicted octanol–water partition coefficient (Wildman–Crippen LogP) is 1.64. The number of alkyl halides is 3. The molecular formula is C12H21F3N2O. The van der Waals surface area contributed by atoms with Gasteiger partial charge in [-0.05, 0) is 19.3 Å². The zero-order valence-electron chi connectivity index (χ0n) is 10.7. The van der Waals surface area contributed by atoms with Crippen molar-refractivity contribution in [3.63, 3.8) is 0 Å². The zero-order valence-corrected chi connectivity index (χ0v) is 10.7. The van der Waals surface area contributed by atoms with Crippen molar-refractivity contribution in [1.82, 2.24) is 10.2 Å². The summed E-state index contributed by atoms with van der Waals surface area (Å²) in [7, 11) is 1.68. The van der Waals surface area contributed by atoms with Crippen molar-refractivity contribution in [3.05, 3.63) is 0 Å². The molecule has 0 aromatic carbocycles. The van der Waals surface area contributed by atoms with Crippen LogP contribution in [-0.4, -0.2) is 56.5 Å². The van der Waals surface area contributed by atoms with Crippen LogP contribution in [0.1, 0.15) is 19.3 Å². The van der Waals surface area contributed by atoms with Crippen molar-refractivity contribution in [3.8, 4) is 0 Å². The molecule has 1 heterocycles. The fourth-order valence-corrected chi connectivity index (χ4v) is 2.95. The van der Waals surface area contributed by atoms with Crippen LogP contribution in [0.4, 0.5) is 13.2 Å². The standard InChI is InChI=1S/C12H21F3N2O/c1-18-11-3-2-10(6-11)17-5-4-16-7-9(8-17)12(13,14)15/h9-11,16H,2-8H2,1H3. The molecule has 0 bridgehead atoms. The molecule has 1 saturated heterocycles. The second kappa shape index (κ2) is 5.75. The highest BCUT2D eigenvalue weighted by molar-refractivity contribution is 4.88. The predicted molar refractivity (Wildman–Crippen MR) is 62.4 cm³/mol. The fourth-order valence-electron chi connectivity index (χ4n) is 2.95. The number of nitrogens with one attached hydrogen (secondary N) is 1. The Morgan fingerprint density at radius 1 is 1.28 bits per heavy atom. The number of halogens is 3. The van der Waals surface area contributed by atoms with Crippen LogP contribution in [0.25, 0.3) is 0 Å². The van der Waals surface area contributed by atoms with Crippen molar-refractivity contribution < 1.29 is 17.9 Å². The normalized spacial score (nSPS) is 35.7. The van der Waals surface area contributed by atoms with Gasteiger partial charge in [0.15, 0.2) is 0 Å². The molecule has 3 nitrogen and oxygen atoms in total. The maximum absolute atomic E-state index is 12.8. The summed E-state index contributed by atoms with van der Waals surface area (Å²) in [5, 5.41) is 2.89. The van der Waals surface area contributed by atoms with Crippen LogP contribution in [-0.2, 0) is 4.74 Å². The van der Waals surface area contributed by atoms with E-state index in [1.165, 1.54) is 0 Å². The Bertz CT molecular complexity index is 273. The molecule has 2 rings (SSSR count). The van der Waals surface area contributed by atoms with Gasteiger partial charge in [0.25, 0.3) is 0 Å². The third-order valence-electron chi connectivity index (χ3n) is 4.09. The number of ether oxygens (including phenoxy) is 1. The van der Waals surface area contributed by atoms with Crippen molar-refractivity contribution in [2.45, 2.75) is 37.6 Å². The third-order valence-corrected chi connectivity index (χ3v) is 4.09. The SMILES string of the molecule is COC1CCC(N2CCNCC(C(F)(F)F)C2)C1. The lowest BCUT2D eigenvalue weighted by Gasteiger charge is -2.30. The van der Waals surface area contributed by atoms with E-state index in [-0.39, 0.29) is 25.2 Å². The Kier molecular flexibility index (Phi) is 4.50. The smallest absolute Gasteiger partial charge is 0.381 e. The summed E-state index contributed by atoms with van der Waals surface area (Å²) < 4.78 is 43.8. The largest absolute Gasteiger partial charge is 0.394 e. The maximum atomic E-state index is 12.8. The molecule has 2 aliphatic rings. The Morgan fingerprint density at radius 3 is 2.67 bits per heavy atom. The minimum atomic E-state index is -4.10. The van der Waals surface area contributed by atoms with Gasteiger partial charge in [0.2, 0.25) is 0 Å². The molecule has 3 atom stereocenters. The Morgan fingerprint density at radius 2 is 2.06 bits per heavy atom. The van der Waals surface area contributed by atoms with Gasteiger partial charge in [0.1, 0.15) is 0 Å². The summed E-state index contributed by atoms with van der Waals surface area (Å²) in [5.41, 5.74) is 0. The van der Waals surface area contributed by atoms with E-state index >= 15 is 0 Å². The molecule has 1 N–H and O–H groups in total. The van der Waals surface area contributed by atoms with Gasteiger partial charge in [-0.3, -0.25) is 4.90 Å². The van der Waals surface area contributed by atoms with Crippen molar-refractivity contribution in [2.24, 2.45) is 5.92 Å². The van der Waals surface area contributed by atoms with Crippen LogP contribution < -0.4 is 5.32 Å². The lowest BCUT2D eigenvalue weighted by Crippen LogP contribution is -2.42. The molecule has 3 unspecified atom stereocenters. The van der Waals surface area contributed by atoms with E-state index in [0.29, 0.717) is 13.1 Å². The van der Waals surface area contributed by atoms with Crippen LogP contribution >= 0.6 is 0 Å². The quantitative estimate of drug-likeness (QED) is 0.822. The molecule has 0 spiro atoms. The van der Waals surface area contributed by atoms with Crippen LogP contribution in [0, 0.1) is 5.92 Å². The van der Waals surface area contributed by atoms with Crippen LogP contribution in [0.2, 0.25) is 0 Å². The van der Waals surface area contributed by atoms with Crippen molar-refractivity contribution in [2.75, 3.05) is 33.3 Å². The summed E-state index contributed by atoms with van der Waals surface area (Å²) in [6.45, 7) is 1.51. The topological polar surface area (TPSA) is 24.5 Å². The first-order chi connectivity index (χ1) is 8.50. The molecular weight excluding hydrogens is 245 g/mol. The lowest BCUT2D eigenvalue weighted by molar-refractivity contribution is -0.176. The maximum Gasteiger partial charge on any atom is 0.394 e. The van der Waals surface area contributed by atoms with Gasteiger partial charge in [-0.2, -0.15) is 13.2 Å². The van der Waals surface area contributed by atoms with Gasteiger partial charge in [-0.25, -0.2) is 0 Å². The van der Waals surface area contributed by atoms with Crippen LogP contribution in [0.3, 0.4) is 0 Å².